The SMILES string of the molecule is CN[C@@H]1C[C@H]2O[C@@](C)([C@@H]1CO)n1c3ccccc3c3c4c(c5c6ccccc6n2c5c31)C(=O)C[C@H]4O.O=C1CC(=O)c2c1c1c3ccccc3n3c1c1c2c2ccccc2n1C1CCC3O1. The molecular weight excluding hydrogens is 831 g/mol. The quantitative estimate of drug-likeness (QED) is 0.146. The number of ether oxygens (including phenoxy) is 2. The highest BCUT2D eigenvalue weighted by Gasteiger charge is 2.53. The average molecular weight is 874 g/mol. The number of para-hydroxylation sites is 4. The van der Waals surface area contributed by atoms with Crippen LogP contribution in [0.4, 0.5) is 0 Å². The van der Waals surface area contributed by atoms with Crippen molar-refractivity contribution in [3.8, 4) is 0 Å². The van der Waals surface area contributed by atoms with E-state index in [0.29, 0.717) is 23.1 Å². The molecule has 10 aromatic rings. The molecule has 4 bridgehead atoms. The Labute approximate surface area is 375 Å². The largest absolute Gasteiger partial charge is 0.396 e. The first kappa shape index (κ1) is 37.5. The third-order valence-electron chi connectivity index (χ3n) is 16.3. The number of rotatable bonds is 2. The molecule has 4 aromatic heterocycles. The summed E-state index contributed by atoms with van der Waals surface area (Å²) in [6.45, 7) is 2.04. The molecule has 4 aliphatic heterocycles. The highest BCUT2D eigenvalue weighted by molar-refractivity contribution is 6.41. The van der Waals surface area contributed by atoms with Crippen LogP contribution in [0.5, 0.6) is 0 Å². The lowest BCUT2D eigenvalue weighted by molar-refractivity contribution is -0.234. The third-order valence-corrected chi connectivity index (χ3v) is 16.3. The molecular formula is C54H43N5O7. The molecule has 6 aromatic carbocycles. The zero-order chi connectivity index (χ0) is 44.2. The van der Waals surface area contributed by atoms with Crippen LogP contribution in [-0.4, -0.2) is 65.5 Å². The topological polar surface area (TPSA) is 142 Å². The highest BCUT2D eigenvalue weighted by Crippen LogP contribution is 2.57. The maximum absolute atomic E-state index is 13.5. The van der Waals surface area contributed by atoms with E-state index < -0.39 is 11.8 Å². The van der Waals surface area contributed by atoms with Crippen molar-refractivity contribution >= 4 is 105 Å². The summed E-state index contributed by atoms with van der Waals surface area (Å²) in [7, 11) is 1.94. The Morgan fingerprint density at radius 3 is 1.62 bits per heavy atom. The van der Waals surface area contributed by atoms with Gasteiger partial charge in [-0.25, -0.2) is 0 Å². The minimum Gasteiger partial charge on any atom is -0.396 e. The van der Waals surface area contributed by atoms with Gasteiger partial charge in [0.1, 0.15) is 18.7 Å². The number of carbonyl (C=O) groups is 3. The van der Waals surface area contributed by atoms with E-state index in [1.807, 2.05) is 55.6 Å². The molecule has 8 heterocycles. The molecule has 2 saturated heterocycles. The average Bonchev–Trinajstić information content (AvgIpc) is 4.18. The molecule has 0 saturated carbocycles. The van der Waals surface area contributed by atoms with Gasteiger partial charge >= 0.3 is 0 Å². The van der Waals surface area contributed by atoms with Gasteiger partial charge in [-0.2, -0.15) is 0 Å². The molecule has 326 valence electrons. The van der Waals surface area contributed by atoms with Gasteiger partial charge in [-0.05, 0) is 51.1 Å². The van der Waals surface area contributed by atoms with Crippen molar-refractivity contribution < 1.29 is 34.1 Å². The van der Waals surface area contributed by atoms with Gasteiger partial charge in [-0.1, -0.05) is 72.8 Å². The summed E-state index contributed by atoms with van der Waals surface area (Å²) in [6, 6.07) is 32.8. The van der Waals surface area contributed by atoms with Crippen molar-refractivity contribution in [2.45, 2.75) is 75.6 Å². The molecule has 2 aliphatic carbocycles. The summed E-state index contributed by atoms with van der Waals surface area (Å²) in [4.78, 5) is 39.7. The maximum atomic E-state index is 13.5. The monoisotopic (exact) mass is 873 g/mol. The first-order chi connectivity index (χ1) is 32.2. The molecule has 16 rings (SSSR count). The minimum absolute atomic E-state index is 0.0135. The lowest BCUT2D eigenvalue weighted by atomic mass is 9.84. The number of Topliss-reactive ketones (excluding diaryl/α,β-unsaturated/α-hetero) is 3. The molecule has 7 atom stereocenters. The van der Waals surface area contributed by atoms with E-state index in [9.17, 15) is 24.6 Å². The number of aliphatic hydroxyl groups excluding tert-OH is 2. The molecule has 12 nitrogen and oxygen atoms in total. The lowest BCUT2D eigenvalue weighted by Crippen LogP contribution is -2.56. The van der Waals surface area contributed by atoms with Crippen LogP contribution < -0.4 is 5.32 Å². The van der Waals surface area contributed by atoms with Crippen molar-refractivity contribution in [2.75, 3.05) is 13.7 Å². The Morgan fingerprint density at radius 1 is 0.621 bits per heavy atom. The van der Waals surface area contributed by atoms with Crippen LogP contribution in [-0.2, 0) is 15.2 Å². The Hall–Kier alpha value is -6.67. The van der Waals surface area contributed by atoms with Crippen molar-refractivity contribution in [1.82, 2.24) is 23.6 Å². The van der Waals surface area contributed by atoms with Crippen molar-refractivity contribution in [3.05, 3.63) is 119 Å². The van der Waals surface area contributed by atoms with Crippen LogP contribution in [0.2, 0.25) is 0 Å². The second kappa shape index (κ2) is 12.6. The highest BCUT2D eigenvalue weighted by atomic mass is 16.5. The minimum atomic E-state index is -0.860. The van der Waals surface area contributed by atoms with Gasteiger partial charge < -0.3 is 43.3 Å². The summed E-state index contributed by atoms with van der Waals surface area (Å²) in [5.41, 5.74) is 9.88. The summed E-state index contributed by atoms with van der Waals surface area (Å²) in [5, 5.41) is 33.1. The Balaban J connectivity index is 0.000000123. The van der Waals surface area contributed by atoms with E-state index in [1.54, 1.807) is 0 Å². The first-order valence-corrected chi connectivity index (χ1v) is 23.2. The fourth-order valence-electron chi connectivity index (χ4n) is 13.9. The molecule has 0 spiro atoms. The molecule has 3 N–H and O–H groups in total. The smallest absolute Gasteiger partial charge is 0.172 e. The summed E-state index contributed by atoms with van der Waals surface area (Å²) >= 11 is 0. The normalized spacial score (nSPS) is 26.0. The number of ketones is 3. The van der Waals surface area contributed by atoms with Crippen LogP contribution in [0, 0.1) is 5.92 Å². The van der Waals surface area contributed by atoms with Crippen molar-refractivity contribution in [3.63, 3.8) is 0 Å². The molecule has 2 unspecified atom stereocenters. The molecule has 66 heavy (non-hydrogen) atoms. The summed E-state index contributed by atoms with van der Waals surface area (Å²) < 4.78 is 22.7. The van der Waals surface area contributed by atoms with Gasteiger partial charge in [0.05, 0.1) is 63.3 Å². The molecule has 6 aliphatic rings. The Bertz CT molecular complexity index is 3820. The fraction of sp³-hybridized carbons (Fsp3) is 0.278. The Kier molecular flexibility index (Phi) is 7.17. The maximum Gasteiger partial charge on any atom is 0.172 e. The van der Waals surface area contributed by atoms with Gasteiger partial charge in [0.2, 0.25) is 0 Å². The van der Waals surface area contributed by atoms with Crippen molar-refractivity contribution in [2.24, 2.45) is 5.92 Å². The number of nitrogens with one attached hydrogen (secondary N) is 1. The number of hydrogen-bond donors (Lipinski definition) is 3. The van der Waals surface area contributed by atoms with Gasteiger partial charge in [-0.3, -0.25) is 14.4 Å². The van der Waals surface area contributed by atoms with E-state index in [1.165, 1.54) is 0 Å². The predicted octanol–water partition coefficient (Wildman–Crippen LogP) is 9.82. The second-order valence-corrected chi connectivity index (χ2v) is 19.3. The number of aromatic nitrogens is 4. The standard InChI is InChI=1S/C29H27N3O4.C25H16N2O3/c1-29-16(13-33)17(30-2)11-22(36-29)31-18-9-5-3-7-14(18)23-25-20(34)12-21(35)26(25)24-15-8-4-6-10-19(15)32(29)28(24)27(23)31;28-16-11-17(29)23-21-13-6-2-4-8-15(13)27-19-10-9-18(30-19)26-14-7-3-1-5-12(14)20(22(16)23)24(26)25(21)27/h3-10,16-17,21-22,30,33,35H,11-13H2,1-2H3;1-8,18-19H,9-11H2/t16-,17-,21-,22-,29+;/m1./s1. The lowest BCUT2D eigenvalue weighted by Gasteiger charge is -2.48. The summed E-state index contributed by atoms with van der Waals surface area (Å²) in [5.74, 6) is -0.345. The van der Waals surface area contributed by atoms with Crippen LogP contribution in [0.1, 0.15) is 100 Å². The molecule has 2 fully saturated rings. The van der Waals surface area contributed by atoms with E-state index in [4.69, 9.17) is 9.47 Å². The fourth-order valence-corrected chi connectivity index (χ4v) is 13.9. The number of carbonyl (C=O) groups excluding carboxylic acids is 3. The van der Waals surface area contributed by atoms with Crippen LogP contribution >= 0.6 is 0 Å². The van der Waals surface area contributed by atoms with Gasteiger partial charge in [0.25, 0.3) is 0 Å². The van der Waals surface area contributed by atoms with E-state index >= 15 is 0 Å². The van der Waals surface area contributed by atoms with E-state index in [-0.39, 0.29) is 67.4 Å². The zero-order valence-electron chi connectivity index (χ0n) is 36.2. The summed E-state index contributed by atoms with van der Waals surface area (Å²) in [6.07, 6.45) is 1.32. The van der Waals surface area contributed by atoms with Crippen LogP contribution in [0.3, 0.4) is 0 Å². The predicted molar refractivity (Wildman–Crippen MR) is 252 cm³/mol. The number of fused-ring (bicyclic) bond motifs is 26. The van der Waals surface area contributed by atoms with E-state index in [0.717, 1.165) is 106 Å². The molecule has 12 heteroatoms. The number of benzene rings is 6. The molecule has 0 radical (unpaired) electrons. The Morgan fingerprint density at radius 2 is 1.09 bits per heavy atom. The van der Waals surface area contributed by atoms with Crippen LogP contribution in [0.15, 0.2) is 97.1 Å². The van der Waals surface area contributed by atoms with E-state index in [2.05, 4.69) is 79.0 Å². The third kappa shape index (κ3) is 4.23. The first-order valence-electron chi connectivity index (χ1n) is 23.2. The van der Waals surface area contributed by atoms with Gasteiger partial charge in [-0.15, -0.1) is 0 Å². The zero-order valence-corrected chi connectivity index (χ0v) is 36.2. The van der Waals surface area contributed by atoms with Gasteiger partial charge in [0.15, 0.2) is 23.1 Å². The van der Waals surface area contributed by atoms with Crippen molar-refractivity contribution in [1.29, 1.82) is 0 Å². The molecule has 0 amide bonds. The second-order valence-electron chi connectivity index (χ2n) is 19.3. The number of hydrogen-bond acceptors (Lipinski definition) is 8. The van der Waals surface area contributed by atoms with Crippen LogP contribution in [0.25, 0.3) is 87.2 Å². The number of aliphatic hydroxyl groups is 2. The van der Waals surface area contributed by atoms with Gasteiger partial charge in [0, 0.05) is 90.1 Å². The number of nitrogens with zero attached hydrogens (tertiary/aromatic N) is 4.